The molecule has 1 aliphatic heterocycles. The molecule has 0 aromatic carbocycles. The second kappa shape index (κ2) is 7.57. The van der Waals surface area contributed by atoms with Crippen LogP contribution >= 0.6 is 11.8 Å². The predicted octanol–water partition coefficient (Wildman–Crippen LogP) is 2.64. The van der Waals surface area contributed by atoms with Gasteiger partial charge in [-0.15, -0.1) is 0 Å². The molecule has 0 aliphatic carbocycles. The number of anilines is 2. The van der Waals surface area contributed by atoms with Crippen molar-refractivity contribution >= 4 is 23.4 Å². The molecular weight excluding hydrogens is 272 g/mol. The van der Waals surface area contributed by atoms with E-state index in [0.29, 0.717) is 5.25 Å². The van der Waals surface area contributed by atoms with Gasteiger partial charge in [0.25, 0.3) is 0 Å². The first-order valence-corrected chi connectivity index (χ1v) is 8.34. The molecule has 0 radical (unpaired) electrons. The van der Waals surface area contributed by atoms with Crippen molar-refractivity contribution in [2.45, 2.75) is 31.9 Å². The Morgan fingerprint density at radius 3 is 3.00 bits per heavy atom. The minimum atomic E-state index is 0.676. The lowest BCUT2D eigenvalue weighted by Gasteiger charge is -2.33. The zero-order valence-corrected chi connectivity index (χ0v) is 13.4. The highest BCUT2D eigenvalue weighted by molar-refractivity contribution is 8.00. The third-order valence-electron chi connectivity index (χ3n) is 3.43. The summed E-state index contributed by atoms with van der Waals surface area (Å²) in [7, 11) is 1.69. The first kappa shape index (κ1) is 15.2. The average molecular weight is 296 g/mol. The number of rotatable bonds is 6. The van der Waals surface area contributed by atoms with E-state index in [0.717, 1.165) is 49.2 Å². The van der Waals surface area contributed by atoms with Gasteiger partial charge in [0.05, 0.1) is 7.11 Å². The van der Waals surface area contributed by atoms with E-state index in [1.165, 1.54) is 6.42 Å². The fourth-order valence-electron chi connectivity index (χ4n) is 2.31. The molecule has 1 unspecified atom stereocenters. The summed E-state index contributed by atoms with van der Waals surface area (Å²) in [6.07, 6.45) is 3.87. The zero-order valence-electron chi connectivity index (χ0n) is 12.6. The molecule has 1 N–H and O–H groups in total. The molecule has 2 heterocycles. The topological polar surface area (TPSA) is 50.3 Å². The molecule has 0 saturated carbocycles. The van der Waals surface area contributed by atoms with E-state index in [2.05, 4.69) is 45.8 Å². The molecule has 6 heteroatoms. The summed E-state index contributed by atoms with van der Waals surface area (Å²) in [6.45, 7) is 7.31. The number of methoxy groups -OCH3 is 1. The van der Waals surface area contributed by atoms with Gasteiger partial charge in [0.1, 0.15) is 6.33 Å². The Hall–Kier alpha value is -1.17. The quantitative estimate of drug-likeness (QED) is 0.871. The summed E-state index contributed by atoms with van der Waals surface area (Å²) in [5, 5.41) is 3.99. The lowest BCUT2D eigenvalue weighted by atomic mass is 10.3. The maximum atomic E-state index is 5.56. The number of aromatic nitrogens is 2. The van der Waals surface area contributed by atoms with Gasteiger partial charge >= 0.3 is 0 Å². The van der Waals surface area contributed by atoms with Crippen LogP contribution in [0.5, 0.6) is 5.75 Å². The standard InChI is InChI=1S/C14H24N4OS/c1-4-6-15-13-12(19-3)14(17-10-16-13)18-7-8-20-11(5-2)9-18/h10-11H,4-9H2,1-3H3,(H,15,16,17). The normalized spacial score (nSPS) is 18.9. The monoisotopic (exact) mass is 296 g/mol. The lowest BCUT2D eigenvalue weighted by molar-refractivity contribution is 0.412. The number of hydrogen-bond acceptors (Lipinski definition) is 6. The molecule has 1 aromatic rings. The molecule has 0 amide bonds. The first-order valence-electron chi connectivity index (χ1n) is 7.29. The summed E-state index contributed by atoms with van der Waals surface area (Å²) in [4.78, 5) is 11.1. The Morgan fingerprint density at radius 1 is 1.45 bits per heavy atom. The van der Waals surface area contributed by atoms with Crippen molar-refractivity contribution in [1.29, 1.82) is 0 Å². The number of nitrogens with one attached hydrogen (secondary N) is 1. The Balaban J connectivity index is 2.21. The van der Waals surface area contributed by atoms with Gasteiger partial charge in [0, 0.05) is 30.6 Å². The first-order chi connectivity index (χ1) is 9.80. The van der Waals surface area contributed by atoms with Crippen molar-refractivity contribution in [1.82, 2.24) is 9.97 Å². The molecule has 1 aliphatic rings. The van der Waals surface area contributed by atoms with Gasteiger partial charge < -0.3 is 15.0 Å². The van der Waals surface area contributed by atoms with Crippen molar-refractivity contribution in [2.24, 2.45) is 0 Å². The molecule has 1 atom stereocenters. The summed E-state index contributed by atoms with van der Waals surface area (Å²) >= 11 is 2.05. The van der Waals surface area contributed by atoms with E-state index in [4.69, 9.17) is 4.74 Å². The molecule has 1 saturated heterocycles. The number of ether oxygens (including phenoxy) is 1. The van der Waals surface area contributed by atoms with Crippen molar-refractivity contribution in [3.8, 4) is 5.75 Å². The number of nitrogens with zero attached hydrogens (tertiary/aromatic N) is 3. The Morgan fingerprint density at radius 2 is 2.30 bits per heavy atom. The van der Waals surface area contributed by atoms with Crippen LogP contribution in [0, 0.1) is 0 Å². The number of hydrogen-bond donors (Lipinski definition) is 1. The van der Waals surface area contributed by atoms with Crippen LogP contribution in [0.15, 0.2) is 6.33 Å². The second-order valence-electron chi connectivity index (χ2n) is 4.85. The highest BCUT2D eigenvalue weighted by atomic mass is 32.2. The van der Waals surface area contributed by atoms with Gasteiger partial charge in [-0.1, -0.05) is 13.8 Å². The predicted molar refractivity (Wildman–Crippen MR) is 86.1 cm³/mol. The zero-order chi connectivity index (χ0) is 14.4. The molecule has 112 valence electrons. The van der Waals surface area contributed by atoms with E-state index in [9.17, 15) is 0 Å². The van der Waals surface area contributed by atoms with Crippen molar-refractivity contribution in [2.75, 3.05) is 42.7 Å². The van der Waals surface area contributed by atoms with E-state index in [1.54, 1.807) is 13.4 Å². The third kappa shape index (κ3) is 3.48. The number of thioether (sulfide) groups is 1. The largest absolute Gasteiger partial charge is 0.490 e. The fourth-order valence-corrected chi connectivity index (χ4v) is 3.49. The van der Waals surface area contributed by atoms with E-state index < -0.39 is 0 Å². The van der Waals surface area contributed by atoms with Gasteiger partial charge in [-0.25, -0.2) is 9.97 Å². The van der Waals surface area contributed by atoms with Crippen LogP contribution in [0.3, 0.4) is 0 Å². The Labute approximate surface area is 125 Å². The van der Waals surface area contributed by atoms with Crippen LogP contribution in [0.4, 0.5) is 11.6 Å². The molecule has 1 fully saturated rings. The summed E-state index contributed by atoms with van der Waals surface area (Å²) in [6, 6.07) is 0. The minimum absolute atomic E-state index is 0.676. The lowest BCUT2D eigenvalue weighted by Crippen LogP contribution is -2.38. The molecule has 2 rings (SSSR count). The van der Waals surface area contributed by atoms with E-state index in [-0.39, 0.29) is 0 Å². The molecule has 0 bridgehead atoms. The maximum absolute atomic E-state index is 5.56. The van der Waals surface area contributed by atoms with E-state index >= 15 is 0 Å². The smallest absolute Gasteiger partial charge is 0.204 e. The maximum Gasteiger partial charge on any atom is 0.204 e. The average Bonchev–Trinajstić information content (AvgIpc) is 2.52. The summed E-state index contributed by atoms with van der Waals surface area (Å²) in [5.74, 6) is 3.62. The SMILES string of the molecule is CCCNc1ncnc(N2CCSC(CC)C2)c1OC. The van der Waals surface area contributed by atoms with Crippen LogP contribution in [0.25, 0.3) is 0 Å². The van der Waals surface area contributed by atoms with Crippen LogP contribution in [-0.4, -0.2) is 47.7 Å². The van der Waals surface area contributed by atoms with Crippen LogP contribution in [0.1, 0.15) is 26.7 Å². The van der Waals surface area contributed by atoms with Crippen LogP contribution in [0.2, 0.25) is 0 Å². The molecule has 0 spiro atoms. The van der Waals surface area contributed by atoms with Crippen molar-refractivity contribution < 1.29 is 4.74 Å². The Bertz CT molecular complexity index is 430. The van der Waals surface area contributed by atoms with Gasteiger partial charge in [0.2, 0.25) is 5.75 Å². The minimum Gasteiger partial charge on any atom is -0.490 e. The highest BCUT2D eigenvalue weighted by Gasteiger charge is 2.24. The van der Waals surface area contributed by atoms with Crippen molar-refractivity contribution in [3.63, 3.8) is 0 Å². The fraction of sp³-hybridized carbons (Fsp3) is 0.714. The third-order valence-corrected chi connectivity index (χ3v) is 4.80. The van der Waals surface area contributed by atoms with Crippen LogP contribution < -0.4 is 15.0 Å². The highest BCUT2D eigenvalue weighted by Crippen LogP contribution is 2.34. The summed E-state index contributed by atoms with van der Waals surface area (Å²) in [5.41, 5.74) is 0. The molecule has 1 aromatic heterocycles. The summed E-state index contributed by atoms with van der Waals surface area (Å²) < 4.78 is 5.56. The van der Waals surface area contributed by atoms with Crippen molar-refractivity contribution in [3.05, 3.63) is 6.33 Å². The molecular formula is C14H24N4OS. The van der Waals surface area contributed by atoms with Crippen LogP contribution in [-0.2, 0) is 0 Å². The van der Waals surface area contributed by atoms with E-state index in [1.807, 2.05) is 0 Å². The molecule has 5 nitrogen and oxygen atoms in total. The Kier molecular flexibility index (Phi) is 5.76. The molecule has 20 heavy (non-hydrogen) atoms. The second-order valence-corrected chi connectivity index (χ2v) is 6.26. The van der Waals surface area contributed by atoms with Gasteiger partial charge in [-0.3, -0.25) is 0 Å². The van der Waals surface area contributed by atoms with Gasteiger partial charge in [-0.2, -0.15) is 11.8 Å². The van der Waals surface area contributed by atoms with Gasteiger partial charge in [0.15, 0.2) is 11.6 Å². The van der Waals surface area contributed by atoms with Gasteiger partial charge in [-0.05, 0) is 12.8 Å².